The van der Waals surface area contributed by atoms with Crippen LogP contribution in [0.4, 0.5) is 5.69 Å². The highest BCUT2D eigenvalue weighted by molar-refractivity contribution is 5.95. The maximum atomic E-state index is 12.8. The van der Waals surface area contributed by atoms with Crippen molar-refractivity contribution in [3.8, 4) is 0 Å². The number of amides is 1. The molecule has 8 nitrogen and oxygen atoms in total. The number of fused-ring (bicyclic) bond motifs is 1. The van der Waals surface area contributed by atoms with Gasteiger partial charge in [-0.1, -0.05) is 0 Å². The summed E-state index contributed by atoms with van der Waals surface area (Å²) in [7, 11) is 3.50. The minimum absolute atomic E-state index is 0. The van der Waals surface area contributed by atoms with E-state index in [-0.39, 0.29) is 30.2 Å². The predicted molar refractivity (Wildman–Crippen MR) is 99.6 cm³/mol. The fraction of sp³-hybridized carbons (Fsp3) is 0.353. The molecule has 1 aliphatic rings. The van der Waals surface area contributed by atoms with E-state index < -0.39 is 5.76 Å². The van der Waals surface area contributed by atoms with Crippen LogP contribution >= 0.6 is 12.4 Å². The first-order valence-electron chi connectivity index (χ1n) is 8.12. The van der Waals surface area contributed by atoms with Gasteiger partial charge in [0, 0.05) is 45.0 Å². The van der Waals surface area contributed by atoms with Gasteiger partial charge in [-0.2, -0.15) is 5.10 Å². The van der Waals surface area contributed by atoms with E-state index in [1.807, 2.05) is 19.4 Å². The van der Waals surface area contributed by atoms with Gasteiger partial charge in [0.05, 0.1) is 17.6 Å². The number of nitrogens with zero attached hydrogens (tertiary/aromatic N) is 3. The molecule has 0 saturated carbocycles. The summed E-state index contributed by atoms with van der Waals surface area (Å²) in [5.41, 5.74) is 2.85. The third-order valence-corrected chi connectivity index (χ3v) is 4.76. The van der Waals surface area contributed by atoms with Crippen LogP contribution in [0.2, 0.25) is 0 Å². The Morgan fingerprint density at radius 3 is 2.88 bits per heavy atom. The Balaban J connectivity index is 0.00000196. The summed E-state index contributed by atoms with van der Waals surface area (Å²) >= 11 is 0. The first kappa shape index (κ1) is 18.2. The summed E-state index contributed by atoms with van der Waals surface area (Å²) in [6.45, 7) is 1.37. The molecule has 3 aromatic rings. The maximum absolute atomic E-state index is 12.8. The predicted octanol–water partition coefficient (Wildman–Crippen LogP) is 1.23. The van der Waals surface area contributed by atoms with Gasteiger partial charge in [0.15, 0.2) is 5.58 Å². The Morgan fingerprint density at radius 1 is 1.35 bits per heavy atom. The molecule has 3 heterocycles. The molecule has 1 saturated heterocycles. The molecule has 1 aliphatic heterocycles. The maximum Gasteiger partial charge on any atom is 0.419 e. The van der Waals surface area contributed by atoms with Crippen LogP contribution in [-0.4, -0.2) is 33.3 Å². The molecule has 0 radical (unpaired) electrons. The van der Waals surface area contributed by atoms with Gasteiger partial charge < -0.3 is 15.1 Å². The zero-order valence-corrected chi connectivity index (χ0v) is 15.2. The van der Waals surface area contributed by atoms with E-state index in [2.05, 4.69) is 15.7 Å². The van der Waals surface area contributed by atoms with Gasteiger partial charge in [-0.05, 0) is 23.8 Å². The largest absolute Gasteiger partial charge is 0.419 e. The van der Waals surface area contributed by atoms with Crippen LogP contribution in [0.3, 0.4) is 0 Å². The van der Waals surface area contributed by atoms with Gasteiger partial charge in [0.1, 0.15) is 0 Å². The minimum atomic E-state index is -0.421. The van der Waals surface area contributed by atoms with Gasteiger partial charge in [-0.25, -0.2) is 4.79 Å². The topological polar surface area (TPSA) is 94.1 Å². The van der Waals surface area contributed by atoms with Gasteiger partial charge >= 0.3 is 5.76 Å². The number of oxazole rings is 1. The molecule has 4 rings (SSSR count). The molecule has 2 atom stereocenters. The molecular formula is C17H20ClN5O3. The molecule has 1 fully saturated rings. The number of halogens is 1. The van der Waals surface area contributed by atoms with E-state index in [0.717, 1.165) is 12.1 Å². The molecule has 0 unspecified atom stereocenters. The van der Waals surface area contributed by atoms with Gasteiger partial charge in [0.2, 0.25) is 5.91 Å². The number of rotatable bonds is 3. The Kier molecular flexibility index (Phi) is 4.88. The van der Waals surface area contributed by atoms with E-state index in [4.69, 9.17) is 4.42 Å². The van der Waals surface area contributed by atoms with Crippen molar-refractivity contribution in [1.82, 2.24) is 19.7 Å². The van der Waals surface area contributed by atoms with Crippen LogP contribution in [0.1, 0.15) is 11.5 Å². The second-order valence-electron chi connectivity index (χ2n) is 6.42. The second-order valence-corrected chi connectivity index (χ2v) is 6.42. The van der Waals surface area contributed by atoms with Crippen LogP contribution < -0.4 is 16.4 Å². The molecule has 1 amide bonds. The number of carbonyl (C=O) groups is 1. The fourth-order valence-electron chi connectivity index (χ4n) is 3.38. The molecule has 138 valence electrons. The summed E-state index contributed by atoms with van der Waals surface area (Å²) < 4.78 is 8.27. The lowest BCUT2D eigenvalue weighted by atomic mass is 9.90. The van der Waals surface area contributed by atoms with E-state index in [1.165, 1.54) is 4.57 Å². The van der Waals surface area contributed by atoms with Crippen molar-refractivity contribution < 1.29 is 9.21 Å². The highest BCUT2D eigenvalue weighted by Gasteiger charge is 2.34. The molecule has 9 heteroatoms. The van der Waals surface area contributed by atoms with Crippen molar-refractivity contribution >= 4 is 35.1 Å². The van der Waals surface area contributed by atoms with Crippen molar-refractivity contribution in [3.63, 3.8) is 0 Å². The molecule has 26 heavy (non-hydrogen) atoms. The Hall–Kier alpha value is -2.58. The average molecular weight is 378 g/mol. The fourth-order valence-corrected chi connectivity index (χ4v) is 3.38. The van der Waals surface area contributed by atoms with E-state index in [9.17, 15) is 9.59 Å². The highest BCUT2D eigenvalue weighted by Crippen LogP contribution is 2.29. The Bertz CT molecular complexity index is 1010. The monoisotopic (exact) mass is 377 g/mol. The van der Waals surface area contributed by atoms with E-state index in [0.29, 0.717) is 23.3 Å². The molecule has 2 aromatic heterocycles. The van der Waals surface area contributed by atoms with Crippen molar-refractivity contribution in [2.45, 2.75) is 5.92 Å². The summed E-state index contributed by atoms with van der Waals surface area (Å²) in [5.74, 6) is -0.550. The third-order valence-electron chi connectivity index (χ3n) is 4.76. The molecule has 0 bridgehead atoms. The molecule has 2 N–H and O–H groups in total. The number of anilines is 1. The minimum Gasteiger partial charge on any atom is -0.408 e. The first-order chi connectivity index (χ1) is 12.0. The van der Waals surface area contributed by atoms with Crippen LogP contribution in [-0.2, 0) is 18.9 Å². The molecule has 1 aromatic carbocycles. The summed E-state index contributed by atoms with van der Waals surface area (Å²) in [4.78, 5) is 24.3. The number of hydrogen-bond donors (Lipinski definition) is 2. The van der Waals surface area contributed by atoms with Crippen molar-refractivity contribution in [2.24, 2.45) is 20.0 Å². The van der Waals surface area contributed by atoms with Crippen LogP contribution in [0.25, 0.3) is 11.1 Å². The Morgan fingerprint density at radius 2 is 2.15 bits per heavy atom. The number of carbonyl (C=O) groups excluding carboxylic acids is 1. The summed E-state index contributed by atoms with van der Waals surface area (Å²) in [5, 5.41) is 10.4. The first-order valence-corrected chi connectivity index (χ1v) is 8.12. The van der Waals surface area contributed by atoms with Crippen LogP contribution in [0.15, 0.2) is 39.8 Å². The SMILES string of the molecule is Cl.Cn1cc([C@H]2CNC[C@@H]2C(=O)Nc2ccc3oc(=O)n(C)c3c2)cn1. The Labute approximate surface area is 155 Å². The van der Waals surface area contributed by atoms with Crippen molar-refractivity contribution in [2.75, 3.05) is 18.4 Å². The molecule has 0 spiro atoms. The smallest absolute Gasteiger partial charge is 0.408 e. The normalized spacial score (nSPS) is 19.5. The van der Waals surface area contributed by atoms with Gasteiger partial charge in [0.25, 0.3) is 0 Å². The number of aromatic nitrogens is 3. The van der Waals surface area contributed by atoms with Crippen LogP contribution in [0, 0.1) is 5.92 Å². The van der Waals surface area contributed by atoms with Gasteiger partial charge in [-0.15, -0.1) is 12.4 Å². The zero-order chi connectivity index (χ0) is 17.6. The van der Waals surface area contributed by atoms with Gasteiger partial charge in [-0.3, -0.25) is 14.0 Å². The standard InChI is InChI=1S/C17H19N5O3.ClH/c1-21-9-10(6-19-21)12-7-18-8-13(12)16(23)20-11-3-4-15-14(5-11)22(2)17(24)25-15;/h3-6,9,12-13,18H,7-8H2,1-2H3,(H,20,23);1H/t12-,13+;/m1./s1. The summed E-state index contributed by atoms with van der Waals surface area (Å²) in [6.07, 6.45) is 3.76. The van der Waals surface area contributed by atoms with E-state index in [1.54, 1.807) is 29.9 Å². The number of benzene rings is 1. The lowest BCUT2D eigenvalue weighted by molar-refractivity contribution is -0.119. The van der Waals surface area contributed by atoms with Crippen molar-refractivity contribution in [1.29, 1.82) is 0 Å². The highest BCUT2D eigenvalue weighted by atomic mass is 35.5. The second kappa shape index (κ2) is 6.97. The average Bonchev–Trinajstić information content (AvgIpc) is 3.28. The van der Waals surface area contributed by atoms with Crippen LogP contribution in [0.5, 0.6) is 0 Å². The molecular weight excluding hydrogens is 358 g/mol. The third kappa shape index (κ3) is 3.13. The number of nitrogens with one attached hydrogen (secondary N) is 2. The van der Waals surface area contributed by atoms with E-state index >= 15 is 0 Å². The zero-order valence-electron chi connectivity index (χ0n) is 14.4. The quantitative estimate of drug-likeness (QED) is 0.716. The molecule has 0 aliphatic carbocycles. The number of hydrogen-bond acceptors (Lipinski definition) is 5. The summed E-state index contributed by atoms with van der Waals surface area (Å²) in [6, 6.07) is 5.18. The van der Waals surface area contributed by atoms with Crippen molar-refractivity contribution in [3.05, 3.63) is 46.7 Å². The lowest BCUT2D eigenvalue weighted by Gasteiger charge is -2.17. The number of aryl methyl sites for hydroxylation is 2. The lowest BCUT2D eigenvalue weighted by Crippen LogP contribution is -2.28.